The van der Waals surface area contributed by atoms with Gasteiger partial charge >= 0.3 is 0 Å². The molecule has 112 valence electrons. The van der Waals surface area contributed by atoms with Crippen LogP contribution in [-0.2, 0) is 0 Å². The van der Waals surface area contributed by atoms with Crippen molar-refractivity contribution in [3.63, 3.8) is 0 Å². The first-order chi connectivity index (χ1) is 9.48. The van der Waals surface area contributed by atoms with Crippen molar-refractivity contribution in [2.45, 2.75) is 38.7 Å². The van der Waals surface area contributed by atoms with Crippen molar-refractivity contribution in [1.82, 2.24) is 0 Å². The summed E-state index contributed by atoms with van der Waals surface area (Å²) in [6, 6.07) is 8.20. The van der Waals surface area contributed by atoms with Crippen LogP contribution in [0.4, 0.5) is 5.69 Å². The lowest BCUT2D eigenvalue weighted by Gasteiger charge is -2.42. The van der Waals surface area contributed by atoms with E-state index >= 15 is 0 Å². The van der Waals surface area contributed by atoms with Crippen molar-refractivity contribution in [3.05, 3.63) is 29.8 Å². The highest BCUT2D eigenvalue weighted by atomic mass is 16.3. The van der Waals surface area contributed by atoms with Crippen LogP contribution in [-0.4, -0.2) is 25.7 Å². The Bertz CT molecular complexity index is 419. The molecule has 1 aromatic carbocycles. The van der Waals surface area contributed by atoms with Crippen molar-refractivity contribution in [1.29, 1.82) is 0 Å². The van der Waals surface area contributed by atoms with Gasteiger partial charge in [0.1, 0.15) is 0 Å². The summed E-state index contributed by atoms with van der Waals surface area (Å²) in [5.41, 5.74) is 8.05. The van der Waals surface area contributed by atoms with Crippen LogP contribution in [0.1, 0.15) is 44.3 Å². The van der Waals surface area contributed by atoms with Gasteiger partial charge in [0.15, 0.2) is 0 Å². The molecular weight excluding hydrogens is 248 g/mol. The molecule has 1 unspecified atom stereocenters. The molecule has 1 atom stereocenters. The first-order valence-corrected chi connectivity index (χ1v) is 7.64. The van der Waals surface area contributed by atoms with E-state index in [0.717, 1.165) is 30.0 Å². The fourth-order valence-corrected chi connectivity index (χ4v) is 3.23. The van der Waals surface area contributed by atoms with Crippen LogP contribution in [0, 0.1) is 11.3 Å². The van der Waals surface area contributed by atoms with Crippen LogP contribution in [0.25, 0.3) is 0 Å². The number of aliphatic hydroxyl groups excluding tert-OH is 1. The molecule has 0 aliphatic heterocycles. The Morgan fingerprint density at radius 3 is 2.25 bits per heavy atom. The summed E-state index contributed by atoms with van der Waals surface area (Å²) in [5.74, 6) is 0.762. The maximum Gasteiger partial charge on any atom is 0.0858 e. The topological polar surface area (TPSA) is 49.5 Å². The summed E-state index contributed by atoms with van der Waals surface area (Å²) >= 11 is 0. The van der Waals surface area contributed by atoms with Crippen LogP contribution >= 0.6 is 0 Å². The van der Waals surface area contributed by atoms with Gasteiger partial charge in [-0.1, -0.05) is 31.9 Å². The Balaban J connectivity index is 2.17. The lowest BCUT2D eigenvalue weighted by Crippen LogP contribution is -2.39. The molecule has 1 fully saturated rings. The van der Waals surface area contributed by atoms with E-state index < -0.39 is 6.10 Å². The Kier molecular flexibility index (Phi) is 4.71. The number of hydrogen-bond acceptors (Lipinski definition) is 3. The maximum atomic E-state index is 10.8. The van der Waals surface area contributed by atoms with Gasteiger partial charge in [-0.3, -0.25) is 0 Å². The van der Waals surface area contributed by atoms with Gasteiger partial charge in [0.05, 0.1) is 6.10 Å². The Morgan fingerprint density at radius 2 is 1.80 bits per heavy atom. The summed E-state index contributed by atoms with van der Waals surface area (Å²) < 4.78 is 0. The molecule has 3 nitrogen and oxygen atoms in total. The lowest BCUT2D eigenvalue weighted by molar-refractivity contribution is -0.00817. The SMILES string of the molecule is CC1CCC(CN)(C(O)c2ccc(N(C)C)cc2)CC1. The first-order valence-electron chi connectivity index (χ1n) is 7.64. The zero-order valence-corrected chi connectivity index (χ0v) is 13.0. The quantitative estimate of drug-likeness (QED) is 0.889. The van der Waals surface area contributed by atoms with Gasteiger partial charge in [-0.15, -0.1) is 0 Å². The summed E-state index contributed by atoms with van der Waals surface area (Å²) in [6.45, 7) is 2.86. The normalized spacial score (nSPS) is 28.1. The Hall–Kier alpha value is -1.06. The zero-order valence-electron chi connectivity index (χ0n) is 13.0. The third-order valence-corrected chi connectivity index (χ3v) is 4.98. The van der Waals surface area contributed by atoms with Crippen molar-refractivity contribution >= 4 is 5.69 Å². The molecule has 1 aromatic rings. The van der Waals surface area contributed by atoms with Crippen molar-refractivity contribution in [2.75, 3.05) is 25.5 Å². The van der Waals surface area contributed by atoms with Crippen LogP contribution in [0.15, 0.2) is 24.3 Å². The lowest BCUT2D eigenvalue weighted by atomic mass is 9.66. The van der Waals surface area contributed by atoms with Gasteiger partial charge in [-0.25, -0.2) is 0 Å². The van der Waals surface area contributed by atoms with E-state index in [1.165, 1.54) is 12.8 Å². The molecule has 0 spiro atoms. The van der Waals surface area contributed by atoms with E-state index in [9.17, 15) is 5.11 Å². The Morgan fingerprint density at radius 1 is 1.25 bits per heavy atom. The zero-order chi connectivity index (χ0) is 14.8. The Labute approximate surface area is 122 Å². The van der Waals surface area contributed by atoms with E-state index in [1.807, 2.05) is 26.2 Å². The van der Waals surface area contributed by atoms with Crippen LogP contribution < -0.4 is 10.6 Å². The summed E-state index contributed by atoms with van der Waals surface area (Å²) in [4.78, 5) is 2.07. The van der Waals surface area contributed by atoms with Crippen molar-refractivity contribution in [3.8, 4) is 0 Å². The van der Waals surface area contributed by atoms with Gasteiger partial charge in [0.25, 0.3) is 0 Å². The standard InChI is InChI=1S/C17H28N2O/c1-13-8-10-17(12-18,11-9-13)16(20)14-4-6-15(7-5-14)19(2)3/h4-7,13,16,20H,8-12,18H2,1-3H3. The largest absolute Gasteiger partial charge is 0.388 e. The molecule has 2 rings (SSSR count). The molecule has 0 aromatic heterocycles. The highest BCUT2D eigenvalue weighted by molar-refractivity contribution is 5.46. The van der Waals surface area contributed by atoms with E-state index in [1.54, 1.807) is 0 Å². The molecule has 1 aliphatic rings. The minimum Gasteiger partial charge on any atom is -0.388 e. The van der Waals surface area contributed by atoms with Gasteiger partial charge in [-0.2, -0.15) is 0 Å². The predicted octanol–water partition coefficient (Wildman–Crippen LogP) is 2.94. The molecule has 1 aliphatic carbocycles. The second kappa shape index (κ2) is 6.15. The number of benzene rings is 1. The first kappa shape index (κ1) is 15.3. The van der Waals surface area contributed by atoms with E-state index in [2.05, 4.69) is 24.0 Å². The second-order valence-corrected chi connectivity index (χ2v) is 6.64. The third kappa shape index (κ3) is 2.99. The molecule has 0 amide bonds. The van der Waals surface area contributed by atoms with E-state index in [4.69, 9.17) is 5.73 Å². The van der Waals surface area contributed by atoms with Gasteiger partial charge in [0, 0.05) is 31.7 Å². The minimum absolute atomic E-state index is 0.133. The third-order valence-electron chi connectivity index (χ3n) is 4.98. The summed E-state index contributed by atoms with van der Waals surface area (Å²) in [7, 11) is 4.05. The number of anilines is 1. The second-order valence-electron chi connectivity index (χ2n) is 6.64. The number of aliphatic hydroxyl groups is 1. The molecule has 0 radical (unpaired) electrons. The number of nitrogens with two attached hydrogens (primary N) is 1. The van der Waals surface area contributed by atoms with Gasteiger partial charge in [-0.05, 0) is 36.5 Å². The fraction of sp³-hybridized carbons (Fsp3) is 0.647. The molecule has 0 heterocycles. The van der Waals surface area contributed by atoms with Crippen molar-refractivity contribution in [2.24, 2.45) is 17.1 Å². The van der Waals surface area contributed by atoms with Crippen LogP contribution in [0.2, 0.25) is 0 Å². The van der Waals surface area contributed by atoms with Gasteiger partial charge < -0.3 is 15.7 Å². The maximum absolute atomic E-state index is 10.8. The molecule has 0 saturated heterocycles. The smallest absolute Gasteiger partial charge is 0.0858 e. The predicted molar refractivity (Wildman–Crippen MR) is 84.8 cm³/mol. The number of nitrogens with zero attached hydrogens (tertiary/aromatic N) is 1. The van der Waals surface area contributed by atoms with Crippen molar-refractivity contribution < 1.29 is 5.11 Å². The molecule has 0 bridgehead atoms. The summed E-state index contributed by atoms with van der Waals surface area (Å²) in [6.07, 6.45) is 3.95. The fourth-order valence-electron chi connectivity index (χ4n) is 3.23. The molecule has 20 heavy (non-hydrogen) atoms. The average molecular weight is 276 g/mol. The molecule has 1 saturated carbocycles. The number of rotatable bonds is 4. The van der Waals surface area contributed by atoms with Crippen LogP contribution in [0.3, 0.4) is 0 Å². The minimum atomic E-state index is -0.448. The van der Waals surface area contributed by atoms with E-state index in [-0.39, 0.29) is 5.41 Å². The average Bonchev–Trinajstić information content (AvgIpc) is 2.48. The molecule has 3 N–H and O–H groups in total. The number of hydrogen-bond donors (Lipinski definition) is 2. The van der Waals surface area contributed by atoms with E-state index in [0.29, 0.717) is 6.54 Å². The molecule has 3 heteroatoms. The highest BCUT2D eigenvalue weighted by Crippen LogP contribution is 2.46. The van der Waals surface area contributed by atoms with Gasteiger partial charge in [0.2, 0.25) is 0 Å². The summed E-state index contributed by atoms with van der Waals surface area (Å²) in [5, 5.41) is 10.8. The monoisotopic (exact) mass is 276 g/mol. The van der Waals surface area contributed by atoms with Crippen LogP contribution in [0.5, 0.6) is 0 Å². The molecular formula is C17H28N2O. The highest BCUT2D eigenvalue weighted by Gasteiger charge is 2.40.